The fourth-order valence-corrected chi connectivity index (χ4v) is 2.46. The van der Waals surface area contributed by atoms with Crippen molar-refractivity contribution in [3.63, 3.8) is 0 Å². The predicted octanol–water partition coefficient (Wildman–Crippen LogP) is 2.24. The summed E-state index contributed by atoms with van der Waals surface area (Å²) in [5.41, 5.74) is 1.51. The number of rotatable bonds is 5. The molecular weight excluding hydrogens is 368 g/mol. The number of imide groups is 1. The van der Waals surface area contributed by atoms with Gasteiger partial charge in [0.05, 0.1) is 12.7 Å². The number of urea groups is 1. The zero-order valence-corrected chi connectivity index (χ0v) is 15.2. The van der Waals surface area contributed by atoms with Crippen molar-refractivity contribution in [3.05, 3.63) is 47.5 Å². The molecule has 9 heteroatoms. The Labute approximate surface area is 160 Å². The molecule has 0 bridgehead atoms. The van der Waals surface area contributed by atoms with E-state index in [1.807, 2.05) is 6.92 Å². The molecule has 0 spiro atoms. The van der Waals surface area contributed by atoms with Gasteiger partial charge in [0, 0.05) is 11.8 Å². The molecule has 0 atom stereocenters. The second kappa shape index (κ2) is 8.30. The quantitative estimate of drug-likeness (QED) is 0.758. The first kappa shape index (κ1) is 19.0. The molecule has 2 aromatic rings. The first-order valence-corrected chi connectivity index (χ1v) is 8.28. The number of fused-ring (bicyclic) bond motifs is 1. The van der Waals surface area contributed by atoms with Crippen LogP contribution >= 0.6 is 0 Å². The summed E-state index contributed by atoms with van der Waals surface area (Å²) in [5, 5.41) is 4.55. The number of carbonyl (C=O) groups is 3. The minimum atomic E-state index is -0.773. The fraction of sp³-hybridized carbons (Fsp3) is 0.211. The van der Waals surface area contributed by atoms with Crippen molar-refractivity contribution in [2.24, 2.45) is 0 Å². The van der Waals surface area contributed by atoms with E-state index in [-0.39, 0.29) is 12.4 Å². The van der Waals surface area contributed by atoms with Crippen molar-refractivity contribution in [2.45, 2.75) is 6.92 Å². The van der Waals surface area contributed by atoms with Gasteiger partial charge in [-0.15, -0.1) is 0 Å². The van der Waals surface area contributed by atoms with E-state index in [1.54, 1.807) is 30.3 Å². The number of aryl methyl sites for hydroxylation is 1. The van der Waals surface area contributed by atoms with E-state index < -0.39 is 24.5 Å². The summed E-state index contributed by atoms with van der Waals surface area (Å²) < 4.78 is 20.4. The Hall–Kier alpha value is -3.75. The molecular formula is C19H18N2O7. The summed E-state index contributed by atoms with van der Waals surface area (Å²) >= 11 is 0. The number of anilines is 1. The number of amides is 3. The highest BCUT2D eigenvalue weighted by atomic mass is 16.7. The van der Waals surface area contributed by atoms with E-state index in [9.17, 15) is 14.4 Å². The molecule has 146 valence electrons. The van der Waals surface area contributed by atoms with Gasteiger partial charge in [-0.2, -0.15) is 0 Å². The number of carbonyl (C=O) groups excluding carboxylic acids is 3. The van der Waals surface area contributed by atoms with Crippen LogP contribution in [0.5, 0.6) is 17.2 Å². The van der Waals surface area contributed by atoms with Crippen LogP contribution in [0.1, 0.15) is 15.9 Å². The maximum atomic E-state index is 12.0. The number of hydrogen-bond acceptors (Lipinski definition) is 7. The Bertz CT molecular complexity index is 926. The second-order valence-corrected chi connectivity index (χ2v) is 5.83. The molecule has 28 heavy (non-hydrogen) atoms. The van der Waals surface area contributed by atoms with E-state index in [0.29, 0.717) is 22.9 Å². The smallest absolute Gasteiger partial charge is 0.338 e. The number of benzene rings is 2. The highest BCUT2D eigenvalue weighted by molar-refractivity contribution is 6.02. The van der Waals surface area contributed by atoms with Gasteiger partial charge in [0.1, 0.15) is 5.75 Å². The second-order valence-electron chi connectivity index (χ2n) is 5.83. The van der Waals surface area contributed by atoms with Crippen LogP contribution in [0.3, 0.4) is 0 Å². The fourth-order valence-electron chi connectivity index (χ4n) is 2.46. The Morgan fingerprint density at radius 2 is 1.86 bits per heavy atom. The molecule has 3 amide bonds. The molecule has 0 unspecified atom stereocenters. The van der Waals surface area contributed by atoms with Crippen molar-refractivity contribution in [2.75, 3.05) is 25.8 Å². The lowest BCUT2D eigenvalue weighted by Gasteiger charge is -2.09. The van der Waals surface area contributed by atoms with Crippen LogP contribution in [0, 0.1) is 6.92 Å². The van der Waals surface area contributed by atoms with Crippen LogP contribution in [-0.4, -0.2) is 38.4 Å². The van der Waals surface area contributed by atoms with Gasteiger partial charge in [-0.25, -0.2) is 9.59 Å². The third-order valence-electron chi connectivity index (χ3n) is 3.86. The molecule has 0 saturated carbocycles. The van der Waals surface area contributed by atoms with Gasteiger partial charge in [0.25, 0.3) is 5.91 Å². The average molecular weight is 386 g/mol. The number of methoxy groups -OCH3 is 1. The Kier molecular flexibility index (Phi) is 5.64. The maximum absolute atomic E-state index is 12.0. The van der Waals surface area contributed by atoms with E-state index >= 15 is 0 Å². The topological polar surface area (TPSA) is 112 Å². The van der Waals surface area contributed by atoms with Crippen molar-refractivity contribution < 1.29 is 33.3 Å². The van der Waals surface area contributed by atoms with Gasteiger partial charge in [0.2, 0.25) is 6.79 Å². The Balaban J connectivity index is 1.48. The lowest BCUT2D eigenvalue weighted by Crippen LogP contribution is -2.37. The lowest BCUT2D eigenvalue weighted by molar-refractivity contribution is -0.123. The summed E-state index contributed by atoms with van der Waals surface area (Å²) in [7, 11) is 1.49. The molecule has 0 saturated heterocycles. The van der Waals surface area contributed by atoms with E-state index in [1.165, 1.54) is 13.2 Å². The minimum Gasteiger partial charge on any atom is -0.496 e. The average Bonchev–Trinajstić information content (AvgIpc) is 3.14. The van der Waals surface area contributed by atoms with Crippen LogP contribution in [0.4, 0.5) is 10.5 Å². The summed E-state index contributed by atoms with van der Waals surface area (Å²) in [5.74, 6) is 0.116. The number of hydrogen-bond donors (Lipinski definition) is 2. The highest BCUT2D eigenvalue weighted by Gasteiger charge is 2.16. The van der Waals surface area contributed by atoms with Crippen LogP contribution < -0.4 is 24.8 Å². The van der Waals surface area contributed by atoms with Gasteiger partial charge in [0.15, 0.2) is 18.1 Å². The predicted molar refractivity (Wildman–Crippen MR) is 97.7 cm³/mol. The van der Waals surface area contributed by atoms with Crippen molar-refractivity contribution in [1.82, 2.24) is 5.32 Å². The molecule has 1 heterocycles. The van der Waals surface area contributed by atoms with Gasteiger partial charge < -0.3 is 24.3 Å². The SMILES string of the molecule is COc1cc(C(=O)OCC(=O)NC(=O)Nc2ccc3c(c2)OCO3)ccc1C. The Morgan fingerprint density at radius 3 is 2.64 bits per heavy atom. The zero-order chi connectivity index (χ0) is 20.1. The highest BCUT2D eigenvalue weighted by Crippen LogP contribution is 2.34. The van der Waals surface area contributed by atoms with Gasteiger partial charge in [-0.1, -0.05) is 6.07 Å². The molecule has 0 aromatic heterocycles. The molecule has 0 radical (unpaired) electrons. The van der Waals surface area contributed by atoms with Gasteiger partial charge in [-0.3, -0.25) is 10.1 Å². The minimum absolute atomic E-state index is 0.113. The van der Waals surface area contributed by atoms with Crippen molar-refractivity contribution >= 4 is 23.6 Å². The molecule has 9 nitrogen and oxygen atoms in total. The molecule has 2 aromatic carbocycles. The molecule has 1 aliphatic rings. The zero-order valence-electron chi connectivity index (χ0n) is 15.2. The van der Waals surface area contributed by atoms with Gasteiger partial charge in [-0.05, 0) is 36.8 Å². The normalized spacial score (nSPS) is 11.5. The van der Waals surface area contributed by atoms with E-state index in [0.717, 1.165) is 5.56 Å². The molecule has 0 fully saturated rings. The standard InChI is InChI=1S/C19H18N2O7/c1-11-3-4-12(7-15(11)25-2)18(23)26-9-17(22)21-19(24)20-13-5-6-14-16(8-13)28-10-27-14/h3-8H,9-10H2,1-2H3,(H2,20,21,22,24). The van der Waals surface area contributed by atoms with E-state index in [2.05, 4.69) is 10.6 Å². The number of esters is 1. The van der Waals surface area contributed by atoms with Crippen molar-refractivity contribution in [3.8, 4) is 17.2 Å². The van der Waals surface area contributed by atoms with Crippen LogP contribution in [-0.2, 0) is 9.53 Å². The first-order valence-electron chi connectivity index (χ1n) is 8.28. The monoisotopic (exact) mass is 386 g/mol. The van der Waals surface area contributed by atoms with Crippen LogP contribution in [0.15, 0.2) is 36.4 Å². The van der Waals surface area contributed by atoms with Gasteiger partial charge >= 0.3 is 12.0 Å². The summed E-state index contributed by atoms with van der Waals surface area (Å²) in [6, 6.07) is 8.81. The number of nitrogens with one attached hydrogen (secondary N) is 2. The third kappa shape index (κ3) is 4.50. The van der Waals surface area contributed by atoms with Crippen LogP contribution in [0.25, 0.3) is 0 Å². The van der Waals surface area contributed by atoms with Crippen LogP contribution in [0.2, 0.25) is 0 Å². The van der Waals surface area contributed by atoms with E-state index in [4.69, 9.17) is 18.9 Å². The number of ether oxygens (including phenoxy) is 4. The van der Waals surface area contributed by atoms with Crippen molar-refractivity contribution in [1.29, 1.82) is 0 Å². The third-order valence-corrected chi connectivity index (χ3v) is 3.86. The molecule has 2 N–H and O–H groups in total. The maximum Gasteiger partial charge on any atom is 0.338 e. The molecule has 0 aliphatic carbocycles. The molecule has 3 rings (SSSR count). The summed E-state index contributed by atoms with van der Waals surface area (Å²) in [6.45, 7) is 1.34. The molecule has 1 aliphatic heterocycles. The summed E-state index contributed by atoms with van der Waals surface area (Å²) in [4.78, 5) is 35.7. The lowest BCUT2D eigenvalue weighted by atomic mass is 10.1. The largest absolute Gasteiger partial charge is 0.496 e. The summed E-state index contributed by atoms with van der Waals surface area (Å²) in [6.07, 6.45) is 0. The Morgan fingerprint density at radius 1 is 1.07 bits per heavy atom. The first-order chi connectivity index (χ1) is 13.5.